The summed E-state index contributed by atoms with van der Waals surface area (Å²) >= 11 is 5.84. The van der Waals surface area contributed by atoms with Crippen molar-refractivity contribution in [2.75, 3.05) is 13.1 Å². The molecule has 1 aliphatic heterocycles. The maximum atomic E-state index is 12.2. The highest BCUT2D eigenvalue weighted by atomic mass is 35.5. The predicted octanol–water partition coefficient (Wildman–Crippen LogP) is 2.91. The first kappa shape index (κ1) is 15.6. The summed E-state index contributed by atoms with van der Waals surface area (Å²) in [5.74, 6) is -1.30. The molecule has 0 spiro atoms. The van der Waals surface area contributed by atoms with Gasteiger partial charge in [-0.25, -0.2) is 4.79 Å². The van der Waals surface area contributed by atoms with E-state index in [0.717, 1.165) is 12.0 Å². The third-order valence-corrected chi connectivity index (χ3v) is 4.02. The number of halogens is 1. The van der Waals surface area contributed by atoms with Gasteiger partial charge in [0.25, 0.3) is 0 Å². The standard InChI is InChI=1S/C15H19ClN2O3/c1-10(11-4-6-13(16)7-5-11)17-15(21)18-8-2-3-12(9-18)14(19)20/h4-7,10,12H,2-3,8-9H2,1H3,(H,17,21)(H,19,20). The molecule has 1 saturated heterocycles. The van der Waals surface area contributed by atoms with Crippen LogP contribution in [0.15, 0.2) is 24.3 Å². The highest BCUT2D eigenvalue weighted by Crippen LogP contribution is 2.19. The van der Waals surface area contributed by atoms with Crippen LogP contribution in [0.25, 0.3) is 0 Å². The van der Waals surface area contributed by atoms with Crippen molar-refractivity contribution in [1.82, 2.24) is 10.2 Å². The Hall–Kier alpha value is -1.75. The van der Waals surface area contributed by atoms with Gasteiger partial charge in [0.05, 0.1) is 12.0 Å². The molecule has 2 atom stereocenters. The van der Waals surface area contributed by atoms with E-state index in [9.17, 15) is 9.59 Å². The topological polar surface area (TPSA) is 69.6 Å². The minimum Gasteiger partial charge on any atom is -0.481 e. The molecule has 2 amide bonds. The van der Waals surface area contributed by atoms with Crippen molar-refractivity contribution in [2.45, 2.75) is 25.8 Å². The molecule has 1 heterocycles. The molecule has 1 aromatic carbocycles. The van der Waals surface area contributed by atoms with E-state index in [1.54, 1.807) is 17.0 Å². The number of urea groups is 1. The SMILES string of the molecule is CC(NC(=O)N1CCCC(C(=O)O)C1)c1ccc(Cl)cc1. The van der Waals surface area contributed by atoms with Crippen LogP contribution >= 0.6 is 11.6 Å². The van der Waals surface area contributed by atoms with E-state index >= 15 is 0 Å². The van der Waals surface area contributed by atoms with Crippen LogP contribution in [0.5, 0.6) is 0 Å². The molecule has 1 aromatic rings. The number of likely N-dealkylation sites (tertiary alicyclic amines) is 1. The van der Waals surface area contributed by atoms with E-state index in [4.69, 9.17) is 16.7 Å². The van der Waals surface area contributed by atoms with Crippen LogP contribution in [0.2, 0.25) is 5.02 Å². The minimum absolute atomic E-state index is 0.153. The average molecular weight is 311 g/mol. The Labute approximate surface area is 128 Å². The zero-order valence-corrected chi connectivity index (χ0v) is 12.6. The molecular formula is C15H19ClN2O3. The van der Waals surface area contributed by atoms with Gasteiger partial charge in [0, 0.05) is 18.1 Å². The lowest BCUT2D eigenvalue weighted by Gasteiger charge is -2.31. The number of carbonyl (C=O) groups is 2. The summed E-state index contributed by atoms with van der Waals surface area (Å²) in [7, 11) is 0. The van der Waals surface area contributed by atoms with E-state index < -0.39 is 11.9 Å². The van der Waals surface area contributed by atoms with Gasteiger partial charge >= 0.3 is 12.0 Å². The number of nitrogens with one attached hydrogen (secondary N) is 1. The van der Waals surface area contributed by atoms with Gasteiger partial charge in [-0.1, -0.05) is 23.7 Å². The fourth-order valence-electron chi connectivity index (χ4n) is 2.47. The van der Waals surface area contributed by atoms with Crippen molar-refractivity contribution < 1.29 is 14.7 Å². The van der Waals surface area contributed by atoms with Gasteiger partial charge in [0.1, 0.15) is 0 Å². The van der Waals surface area contributed by atoms with Gasteiger partial charge in [0.15, 0.2) is 0 Å². The normalized spacial score (nSPS) is 19.9. The molecule has 0 radical (unpaired) electrons. The first-order chi connectivity index (χ1) is 9.97. The highest BCUT2D eigenvalue weighted by molar-refractivity contribution is 6.30. The zero-order valence-electron chi connectivity index (χ0n) is 11.9. The van der Waals surface area contributed by atoms with Crippen LogP contribution in [0.3, 0.4) is 0 Å². The zero-order chi connectivity index (χ0) is 15.4. The number of carbonyl (C=O) groups excluding carboxylic acids is 1. The lowest BCUT2D eigenvalue weighted by atomic mass is 9.98. The van der Waals surface area contributed by atoms with Crippen LogP contribution in [0.1, 0.15) is 31.4 Å². The van der Waals surface area contributed by atoms with Gasteiger partial charge in [0.2, 0.25) is 0 Å². The van der Waals surface area contributed by atoms with Crippen LogP contribution in [-0.4, -0.2) is 35.1 Å². The van der Waals surface area contributed by atoms with Crippen LogP contribution in [0, 0.1) is 5.92 Å². The predicted molar refractivity (Wildman–Crippen MR) is 80.3 cm³/mol. The van der Waals surface area contributed by atoms with E-state index in [0.29, 0.717) is 18.0 Å². The fraction of sp³-hybridized carbons (Fsp3) is 0.467. The summed E-state index contributed by atoms with van der Waals surface area (Å²) in [6.07, 6.45) is 1.35. The minimum atomic E-state index is -0.835. The number of hydrogen-bond donors (Lipinski definition) is 2. The summed E-state index contributed by atoms with van der Waals surface area (Å²) in [6.45, 7) is 2.76. The van der Waals surface area contributed by atoms with Gasteiger partial charge in [-0.2, -0.15) is 0 Å². The monoisotopic (exact) mass is 310 g/mol. The number of piperidine rings is 1. The number of benzene rings is 1. The van der Waals surface area contributed by atoms with Crippen molar-refractivity contribution in [2.24, 2.45) is 5.92 Å². The highest BCUT2D eigenvalue weighted by Gasteiger charge is 2.28. The average Bonchev–Trinajstić information content (AvgIpc) is 2.48. The van der Waals surface area contributed by atoms with Crippen molar-refractivity contribution >= 4 is 23.6 Å². The molecule has 0 aromatic heterocycles. The molecule has 1 aliphatic rings. The maximum absolute atomic E-state index is 12.2. The number of carboxylic acid groups (broad SMARTS) is 1. The molecule has 114 valence electrons. The Morgan fingerprint density at radius 1 is 1.38 bits per heavy atom. The second-order valence-electron chi connectivity index (χ2n) is 5.35. The summed E-state index contributed by atoms with van der Waals surface area (Å²) in [5, 5.41) is 12.6. The second kappa shape index (κ2) is 6.80. The van der Waals surface area contributed by atoms with Gasteiger partial charge < -0.3 is 15.3 Å². The number of nitrogens with zero attached hydrogens (tertiary/aromatic N) is 1. The summed E-state index contributed by atoms with van der Waals surface area (Å²) in [4.78, 5) is 24.8. The summed E-state index contributed by atoms with van der Waals surface area (Å²) in [6, 6.07) is 6.91. The Bertz CT molecular complexity index is 518. The molecule has 0 aliphatic carbocycles. The Morgan fingerprint density at radius 3 is 2.67 bits per heavy atom. The molecule has 1 fully saturated rings. The van der Waals surface area contributed by atoms with Gasteiger partial charge in [-0.05, 0) is 37.5 Å². The first-order valence-corrected chi connectivity index (χ1v) is 7.39. The van der Waals surface area contributed by atoms with Crippen molar-refractivity contribution in [3.05, 3.63) is 34.9 Å². The van der Waals surface area contributed by atoms with Crippen LogP contribution in [0.4, 0.5) is 4.79 Å². The van der Waals surface area contributed by atoms with E-state index in [2.05, 4.69) is 5.32 Å². The third-order valence-electron chi connectivity index (χ3n) is 3.77. The lowest BCUT2D eigenvalue weighted by Crippen LogP contribution is -2.47. The van der Waals surface area contributed by atoms with Crippen LogP contribution in [-0.2, 0) is 4.79 Å². The summed E-state index contributed by atoms with van der Waals surface area (Å²) in [5.41, 5.74) is 0.958. The Balaban J connectivity index is 1.94. The largest absolute Gasteiger partial charge is 0.481 e. The number of aliphatic carboxylic acids is 1. The molecule has 2 rings (SSSR count). The maximum Gasteiger partial charge on any atom is 0.317 e. The molecule has 21 heavy (non-hydrogen) atoms. The van der Waals surface area contributed by atoms with Crippen LogP contribution < -0.4 is 5.32 Å². The number of amides is 2. The molecule has 5 nitrogen and oxygen atoms in total. The quantitative estimate of drug-likeness (QED) is 0.902. The Kier molecular flexibility index (Phi) is 5.07. The first-order valence-electron chi connectivity index (χ1n) is 7.01. The van der Waals surface area contributed by atoms with E-state index in [-0.39, 0.29) is 18.6 Å². The molecule has 6 heteroatoms. The summed E-state index contributed by atoms with van der Waals surface area (Å²) < 4.78 is 0. The van der Waals surface area contributed by atoms with Crippen molar-refractivity contribution in [1.29, 1.82) is 0 Å². The van der Waals surface area contributed by atoms with Crippen molar-refractivity contribution in [3.8, 4) is 0 Å². The third kappa shape index (κ3) is 4.11. The van der Waals surface area contributed by atoms with E-state index in [1.807, 2.05) is 19.1 Å². The number of hydrogen-bond acceptors (Lipinski definition) is 2. The number of carboxylic acids is 1. The molecule has 2 N–H and O–H groups in total. The Morgan fingerprint density at radius 2 is 2.05 bits per heavy atom. The van der Waals surface area contributed by atoms with Crippen molar-refractivity contribution in [3.63, 3.8) is 0 Å². The molecule has 2 unspecified atom stereocenters. The fourth-order valence-corrected chi connectivity index (χ4v) is 2.60. The lowest BCUT2D eigenvalue weighted by molar-refractivity contribution is -0.143. The molecule has 0 bridgehead atoms. The molecular weight excluding hydrogens is 292 g/mol. The van der Waals surface area contributed by atoms with E-state index in [1.165, 1.54) is 0 Å². The molecule has 0 saturated carbocycles. The smallest absolute Gasteiger partial charge is 0.317 e. The second-order valence-corrected chi connectivity index (χ2v) is 5.78. The van der Waals surface area contributed by atoms with Gasteiger partial charge in [-0.3, -0.25) is 4.79 Å². The number of rotatable bonds is 3. The van der Waals surface area contributed by atoms with Gasteiger partial charge in [-0.15, -0.1) is 0 Å².